The van der Waals surface area contributed by atoms with Gasteiger partial charge in [0.1, 0.15) is 23.7 Å². The van der Waals surface area contributed by atoms with Gasteiger partial charge in [-0.05, 0) is 38.3 Å². The first-order valence-corrected chi connectivity index (χ1v) is 8.15. The maximum Gasteiger partial charge on any atom is 0.276 e. The fourth-order valence-corrected chi connectivity index (χ4v) is 3.17. The van der Waals surface area contributed by atoms with E-state index in [0.717, 1.165) is 25.0 Å². The van der Waals surface area contributed by atoms with E-state index >= 15 is 0 Å². The summed E-state index contributed by atoms with van der Waals surface area (Å²) in [5, 5.41) is 10.7. The van der Waals surface area contributed by atoms with Gasteiger partial charge in [0.25, 0.3) is 5.91 Å². The molecule has 3 atom stereocenters. The minimum Gasteiger partial charge on any atom is -0.488 e. The molecular formula is C18H22N2O4. The standard InChI is InChI=1S/C18H22N2O4/c1-12-16(19-11-23-12)18(22)20(2)14-9-6-10-15(17(14)21)24-13-7-4-3-5-8-13/h3-5,7-8,11,14-15,17,21H,6,9-10H2,1-2H3/t14-,15-,17-/m1/s1. The lowest BCUT2D eigenvalue weighted by Crippen LogP contribution is -2.53. The number of benzene rings is 1. The van der Waals surface area contributed by atoms with Crippen LogP contribution in [-0.4, -0.2) is 46.2 Å². The first-order valence-electron chi connectivity index (χ1n) is 8.15. The summed E-state index contributed by atoms with van der Waals surface area (Å²) in [5.41, 5.74) is 0.288. The van der Waals surface area contributed by atoms with Crippen LogP contribution in [0, 0.1) is 6.92 Å². The summed E-state index contributed by atoms with van der Waals surface area (Å²) in [4.78, 5) is 18.1. The van der Waals surface area contributed by atoms with E-state index in [-0.39, 0.29) is 23.7 Å². The van der Waals surface area contributed by atoms with Crippen molar-refractivity contribution >= 4 is 5.91 Å². The number of aromatic nitrogens is 1. The molecule has 0 aliphatic heterocycles. The minimum absolute atomic E-state index is 0.245. The van der Waals surface area contributed by atoms with Crippen LogP contribution in [0.25, 0.3) is 0 Å². The van der Waals surface area contributed by atoms with E-state index in [4.69, 9.17) is 9.15 Å². The number of aliphatic hydroxyl groups excluding tert-OH is 1. The summed E-state index contributed by atoms with van der Waals surface area (Å²) in [5.74, 6) is 0.962. The number of aliphatic hydroxyl groups is 1. The van der Waals surface area contributed by atoms with Gasteiger partial charge in [-0.3, -0.25) is 4.79 Å². The quantitative estimate of drug-likeness (QED) is 0.932. The highest BCUT2D eigenvalue weighted by molar-refractivity contribution is 5.93. The van der Waals surface area contributed by atoms with Gasteiger partial charge in [-0.25, -0.2) is 4.98 Å². The number of carbonyl (C=O) groups excluding carboxylic acids is 1. The Kier molecular flexibility index (Phi) is 4.85. The fourth-order valence-electron chi connectivity index (χ4n) is 3.17. The molecule has 0 spiro atoms. The first kappa shape index (κ1) is 16.5. The zero-order valence-electron chi connectivity index (χ0n) is 13.9. The second-order valence-electron chi connectivity index (χ2n) is 6.13. The Bertz CT molecular complexity index is 685. The number of hydrogen-bond acceptors (Lipinski definition) is 5. The van der Waals surface area contributed by atoms with Crippen LogP contribution in [0.15, 0.2) is 41.1 Å². The van der Waals surface area contributed by atoms with Crippen molar-refractivity contribution in [2.24, 2.45) is 0 Å². The average molecular weight is 330 g/mol. The highest BCUT2D eigenvalue weighted by Crippen LogP contribution is 2.27. The van der Waals surface area contributed by atoms with Gasteiger partial charge >= 0.3 is 0 Å². The average Bonchev–Trinajstić information content (AvgIpc) is 3.02. The number of oxazole rings is 1. The second-order valence-corrected chi connectivity index (χ2v) is 6.13. The van der Waals surface area contributed by atoms with Crippen molar-refractivity contribution in [3.63, 3.8) is 0 Å². The highest BCUT2D eigenvalue weighted by Gasteiger charge is 2.38. The van der Waals surface area contributed by atoms with Crippen LogP contribution < -0.4 is 4.74 Å². The SMILES string of the molecule is Cc1ocnc1C(=O)N(C)[C@@H]1CCC[C@@H](Oc2ccccc2)[C@@H]1O. The van der Waals surface area contributed by atoms with Crippen LogP contribution in [0.2, 0.25) is 0 Å². The van der Waals surface area contributed by atoms with Crippen LogP contribution >= 0.6 is 0 Å². The van der Waals surface area contributed by atoms with E-state index in [2.05, 4.69) is 4.98 Å². The van der Waals surface area contributed by atoms with E-state index in [1.807, 2.05) is 30.3 Å². The number of likely N-dealkylation sites (N-methyl/N-ethyl adjacent to an activating group) is 1. The van der Waals surface area contributed by atoms with Crippen LogP contribution in [0.5, 0.6) is 5.75 Å². The molecule has 1 amide bonds. The van der Waals surface area contributed by atoms with E-state index < -0.39 is 6.10 Å². The molecule has 0 radical (unpaired) electrons. The van der Waals surface area contributed by atoms with Crippen LogP contribution in [0.4, 0.5) is 0 Å². The first-order chi connectivity index (χ1) is 11.6. The molecule has 2 aromatic rings. The van der Waals surface area contributed by atoms with Crippen molar-refractivity contribution in [1.82, 2.24) is 9.88 Å². The number of para-hydroxylation sites is 1. The number of aryl methyl sites for hydroxylation is 1. The summed E-state index contributed by atoms with van der Waals surface area (Å²) in [7, 11) is 1.69. The third kappa shape index (κ3) is 3.28. The van der Waals surface area contributed by atoms with Crippen molar-refractivity contribution < 1.29 is 19.1 Å². The zero-order valence-corrected chi connectivity index (χ0v) is 13.9. The van der Waals surface area contributed by atoms with Gasteiger partial charge in [0, 0.05) is 7.05 Å². The summed E-state index contributed by atoms with van der Waals surface area (Å²) in [6.07, 6.45) is 2.55. The Labute approximate surface area is 141 Å². The molecule has 1 aromatic carbocycles. The van der Waals surface area contributed by atoms with Crippen LogP contribution in [0.3, 0.4) is 0 Å². The summed E-state index contributed by atoms with van der Waals surface area (Å²) >= 11 is 0. The van der Waals surface area contributed by atoms with E-state index in [9.17, 15) is 9.90 Å². The lowest BCUT2D eigenvalue weighted by molar-refractivity contribution is -0.0414. The molecule has 1 N–H and O–H groups in total. The molecule has 1 aromatic heterocycles. The third-order valence-electron chi connectivity index (χ3n) is 4.56. The fraction of sp³-hybridized carbons (Fsp3) is 0.444. The maximum atomic E-state index is 12.6. The van der Waals surface area contributed by atoms with Gasteiger partial charge in [-0.2, -0.15) is 0 Å². The molecule has 6 heteroatoms. The Morgan fingerprint density at radius 3 is 2.75 bits per heavy atom. The number of rotatable bonds is 4. The molecule has 1 aliphatic carbocycles. The molecule has 24 heavy (non-hydrogen) atoms. The molecule has 128 valence electrons. The summed E-state index contributed by atoms with van der Waals surface area (Å²) in [6.45, 7) is 1.70. The number of nitrogens with zero attached hydrogens (tertiary/aromatic N) is 2. The molecule has 0 unspecified atom stereocenters. The van der Waals surface area contributed by atoms with E-state index in [0.29, 0.717) is 5.76 Å². The Morgan fingerprint density at radius 2 is 2.08 bits per heavy atom. The van der Waals surface area contributed by atoms with Gasteiger partial charge in [0.2, 0.25) is 0 Å². The number of ether oxygens (including phenoxy) is 1. The predicted molar refractivity (Wildman–Crippen MR) is 87.8 cm³/mol. The topological polar surface area (TPSA) is 75.8 Å². The maximum absolute atomic E-state index is 12.6. The highest BCUT2D eigenvalue weighted by atomic mass is 16.5. The van der Waals surface area contributed by atoms with Crippen molar-refractivity contribution in [3.05, 3.63) is 48.2 Å². The summed E-state index contributed by atoms with van der Waals surface area (Å²) in [6, 6.07) is 9.12. The molecule has 1 saturated carbocycles. The van der Waals surface area contributed by atoms with Crippen molar-refractivity contribution in [1.29, 1.82) is 0 Å². The number of hydrogen-bond donors (Lipinski definition) is 1. The molecule has 1 heterocycles. The van der Waals surface area contributed by atoms with Gasteiger partial charge in [-0.1, -0.05) is 18.2 Å². The van der Waals surface area contributed by atoms with Gasteiger partial charge in [0.15, 0.2) is 12.1 Å². The smallest absolute Gasteiger partial charge is 0.276 e. The number of carbonyl (C=O) groups is 1. The predicted octanol–water partition coefficient (Wildman–Crippen LogP) is 2.42. The second kappa shape index (κ2) is 7.05. The Balaban J connectivity index is 1.71. The third-order valence-corrected chi connectivity index (χ3v) is 4.56. The van der Waals surface area contributed by atoms with Crippen LogP contribution in [-0.2, 0) is 0 Å². The Morgan fingerprint density at radius 1 is 1.33 bits per heavy atom. The van der Waals surface area contributed by atoms with Crippen molar-refractivity contribution in [2.75, 3.05) is 7.05 Å². The lowest BCUT2D eigenvalue weighted by Gasteiger charge is -2.39. The van der Waals surface area contributed by atoms with Gasteiger partial charge < -0.3 is 19.2 Å². The van der Waals surface area contributed by atoms with Crippen LogP contribution in [0.1, 0.15) is 35.5 Å². The largest absolute Gasteiger partial charge is 0.488 e. The molecule has 1 aliphatic rings. The molecule has 6 nitrogen and oxygen atoms in total. The zero-order chi connectivity index (χ0) is 17.1. The Hall–Kier alpha value is -2.34. The van der Waals surface area contributed by atoms with Gasteiger partial charge in [0.05, 0.1) is 6.04 Å². The van der Waals surface area contributed by atoms with Crippen molar-refractivity contribution in [2.45, 2.75) is 44.4 Å². The van der Waals surface area contributed by atoms with E-state index in [1.165, 1.54) is 6.39 Å². The molecule has 0 saturated heterocycles. The number of amides is 1. The molecular weight excluding hydrogens is 308 g/mol. The molecule has 0 bridgehead atoms. The lowest BCUT2D eigenvalue weighted by atomic mass is 9.88. The minimum atomic E-state index is -0.750. The van der Waals surface area contributed by atoms with Crippen molar-refractivity contribution in [3.8, 4) is 5.75 Å². The van der Waals surface area contributed by atoms with E-state index in [1.54, 1.807) is 18.9 Å². The summed E-state index contributed by atoms with van der Waals surface area (Å²) < 4.78 is 11.0. The normalized spacial score (nSPS) is 23.7. The van der Waals surface area contributed by atoms with Gasteiger partial charge in [-0.15, -0.1) is 0 Å². The molecule has 3 rings (SSSR count). The monoisotopic (exact) mass is 330 g/mol. The molecule has 1 fully saturated rings.